The molecule has 5 heteroatoms. The maximum Gasteiger partial charge on any atom is 0.136 e. The number of aromatic nitrogens is 2. The van der Waals surface area contributed by atoms with Crippen molar-refractivity contribution in [3.8, 4) is 0 Å². The predicted molar refractivity (Wildman–Crippen MR) is 82.6 cm³/mol. The molecule has 0 amide bonds. The van der Waals surface area contributed by atoms with Crippen molar-refractivity contribution < 1.29 is 5.11 Å². The highest BCUT2D eigenvalue weighted by molar-refractivity contribution is 9.10. The van der Waals surface area contributed by atoms with Crippen LogP contribution in [0.25, 0.3) is 5.65 Å². The van der Waals surface area contributed by atoms with Crippen LogP contribution in [0.15, 0.2) is 29.0 Å². The fourth-order valence-corrected chi connectivity index (χ4v) is 3.43. The molecule has 3 heterocycles. The predicted octanol–water partition coefficient (Wildman–Crippen LogP) is 2.83. The number of hydrogen-bond acceptors (Lipinski definition) is 3. The summed E-state index contributed by atoms with van der Waals surface area (Å²) in [6.45, 7) is 3.79. The fraction of sp³-hybridized carbons (Fsp3) is 0.533. The highest BCUT2D eigenvalue weighted by atomic mass is 79.9. The van der Waals surface area contributed by atoms with E-state index in [1.54, 1.807) is 0 Å². The average Bonchev–Trinajstić information content (AvgIpc) is 2.82. The molecule has 1 aliphatic heterocycles. The molecule has 2 atom stereocenters. The number of pyridine rings is 1. The molecule has 0 aliphatic carbocycles. The second-order valence-electron chi connectivity index (χ2n) is 5.60. The van der Waals surface area contributed by atoms with Crippen LogP contribution in [0.1, 0.15) is 31.9 Å². The normalized spacial score (nSPS) is 22.2. The Balaban J connectivity index is 1.86. The molecule has 0 bridgehead atoms. The molecule has 0 radical (unpaired) electrons. The van der Waals surface area contributed by atoms with Crippen molar-refractivity contribution in [3.05, 3.63) is 34.7 Å². The van der Waals surface area contributed by atoms with E-state index in [2.05, 4.69) is 36.4 Å². The topological polar surface area (TPSA) is 40.8 Å². The zero-order valence-corrected chi connectivity index (χ0v) is 13.3. The highest BCUT2D eigenvalue weighted by Crippen LogP contribution is 2.23. The smallest absolute Gasteiger partial charge is 0.136 e. The summed E-state index contributed by atoms with van der Waals surface area (Å²) in [7, 11) is 0. The van der Waals surface area contributed by atoms with E-state index in [-0.39, 0.29) is 12.1 Å². The van der Waals surface area contributed by atoms with Gasteiger partial charge in [-0.1, -0.05) is 6.42 Å². The zero-order chi connectivity index (χ0) is 14.1. The van der Waals surface area contributed by atoms with E-state index < -0.39 is 0 Å². The van der Waals surface area contributed by atoms with Gasteiger partial charge in [0.05, 0.1) is 18.0 Å². The van der Waals surface area contributed by atoms with Gasteiger partial charge >= 0.3 is 0 Å². The molecular weight excluding hydrogens is 318 g/mol. The average molecular weight is 338 g/mol. The maximum absolute atomic E-state index is 9.96. The Bertz CT molecular complexity index is 596. The Morgan fingerprint density at radius 2 is 2.30 bits per heavy atom. The SMILES string of the molecule is CC(O)C1CCCCN1Cc1cnc2ccc(Br)cn12. The lowest BCUT2D eigenvalue weighted by Gasteiger charge is -2.37. The van der Waals surface area contributed by atoms with Crippen LogP contribution in [0, 0.1) is 0 Å². The first kappa shape index (κ1) is 14.0. The molecule has 2 aromatic rings. The van der Waals surface area contributed by atoms with E-state index in [0.29, 0.717) is 0 Å². The van der Waals surface area contributed by atoms with Gasteiger partial charge in [-0.15, -0.1) is 0 Å². The summed E-state index contributed by atoms with van der Waals surface area (Å²) in [5.41, 5.74) is 2.14. The number of piperidine rings is 1. The van der Waals surface area contributed by atoms with Crippen molar-refractivity contribution in [2.75, 3.05) is 6.54 Å². The van der Waals surface area contributed by atoms with Gasteiger partial charge in [0.2, 0.25) is 0 Å². The van der Waals surface area contributed by atoms with Crippen LogP contribution in [0.3, 0.4) is 0 Å². The van der Waals surface area contributed by atoms with Crippen LogP contribution >= 0.6 is 15.9 Å². The van der Waals surface area contributed by atoms with Gasteiger partial charge in [-0.3, -0.25) is 4.90 Å². The second-order valence-corrected chi connectivity index (χ2v) is 6.51. The van der Waals surface area contributed by atoms with Gasteiger partial charge in [0, 0.05) is 23.3 Å². The van der Waals surface area contributed by atoms with E-state index in [1.807, 2.05) is 25.3 Å². The van der Waals surface area contributed by atoms with Gasteiger partial charge in [0.25, 0.3) is 0 Å². The number of aliphatic hydroxyl groups excluding tert-OH is 1. The van der Waals surface area contributed by atoms with E-state index >= 15 is 0 Å². The number of hydrogen-bond donors (Lipinski definition) is 1. The summed E-state index contributed by atoms with van der Waals surface area (Å²) >= 11 is 3.51. The molecular formula is C15H20BrN3O. The second kappa shape index (κ2) is 5.84. The largest absolute Gasteiger partial charge is 0.392 e. The van der Waals surface area contributed by atoms with Crippen molar-refractivity contribution >= 4 is 21.6 Å². The van der Waals surface area contributed by atoms with Gasteiger partial charge in [-0.2, -0.15) is 0 Å². The Hall–Kier alpha value is -0.910. The molecule has 0 aromatic carbocycles. The third-order valence-electron chi connectivity index (χ3n) is 4.13. The van der Waals surface area contributed by atoms with Crippen LogP contribution in [0.2, 0.25) is 0 Å². The standard InChI is InChI=1S/C15H20BrN3O/c1-11(20)14-4-2-3-7-18(14)10-13-8-17-15-6-5-12(16)9-19(13)15/h5-6,8-9,11,14,20H,2-4,7,10H2,1H3. The summed E-state index contributed by atoms with van der Waals surface area (Å²) in [6, 6.07) is 4.28. The van der Waals surface area contributed by atoms with E-state index in [0.717, 1.165) is 29.6 Å². The zero-order valence-electron chi connectivity index (χ0n) is 11.7. The molecule has 20 heavy (non-hydrogen) atoms. The number of halogens is 1. The molecule has 1 saturated heterocycles. The summed E-state index contributed by atoms with van der Waals surface area (Å²) in [6.07, 6.45) is 7.22. The van der Waals surface area contributed by atoms with Crippen LogP contribution in [-0.2, 0) is 6.54 Å². The van der Waals surface area contributed by atoms with E-state index in [4.69, 9.17) is 0 Å². The molecule has 0 spiro atoms. The van der Waals surface area contributed by atoms with E-state index in [1.165, 1.54) is 18.5 Å². The van der Waals surface area contributed by atoms with Crippen LogP contribution in [0.5, 0.6) is 0 Å². The summed E-state index contributed by atoms with van der Waals surface area (Å²) in [5, 5.41) is 9.96. The Morgan fingerprint density at radius 3 is 3.10 bits per heavy atom. The molecule has 1 N–H and O–H groups in total. The number of fused-ring (bicyclic) bond motifs is 1. The first-order valence-electron chi connectivity index (χ1n) is 7.19. The highest BCUT2D eigenvalue weighted by Gasteiger charge is 2.26. The van der Waals surface area contributed by atoms with E-state index in [9.17, 15) is 5.11 Å². The van der Waals surface area contributed by atoms with Crippen molar-refractivity contribution in [3.63, 3.8) is 0 Å². The number of likely N-dealkylation sites (tertiary alicyclic amines) is 1. The molecule has 1 fully saturated rings. The number of aliphatic hydroxyl groups is 1. The summed E-state index contributed by atoms with van der Waals surface area (Å²) < 4.78 is 3.17. The van der Waals surface area contributed by atoms with Crippen molar-refractivity contribution in [1.29, 1.82) is 0 Å². The number of nitrogens with zero attached hydrogens (tertiary/aromatic N) is 3. The lowest BCUT2D eigenvalue weighted by atomic mass is 9.98. The van der Waals surface area contributed by atoms with Gasteiger partial charge in [-0.05, 0) is 54.4 Å². The fourth-order valence-electron chi connectivity index (χ4n) is 3.09. The van der Waals surface area contributed by atoms with Gasteiger partial charge in [0.15, 0.2) is 0 Å². The number of rotatable bonds is 3. The Morgan fingerprint density at radius 1 is 1.45 bits per heavy atom. The third-order valence-corrected chi connectivity index (χ3v) is 4.60. The van der Waals surface area contributed by atoms with Gasteiger partial charge < -0.3 is 9.51 Å². The Kier molecular flexibility index (Phi) is 4.10. The molecule has 4 nitrogen and oxygen atoms in total. The molecule has 108 valence electrons. The lowest BCUT2D eigenvalue weighted by Crippen LogP contribution is -2.45. The minimum absolute atomic E-state index is 0.265. The first-order valence-corrected chi connectivity index (χ1v) is 7.98. The maximum atomic E-state index is 9.96. The van der Waals surface area contributed by atoms with Crippen LogP contribution < -0.4 is 0 Å². The summed E-state index contributed by atoms with van der Waals surface area (Å²) in [5.74, 6) is 0. The summed E-state index contributed by atoms with van der Waals surface area (Å²) in [4.78, 5) is 6.84. The number of imidazole rings is 1. The molecule has 2 unspecified atom stereocenters. The third kappa shape index (κ3) is 2.75. The van der Waals surface area contributed by atoms with Gasteiger partial charge in [-0.25, -0.2) is 4.98 Å². The molecule has 2 aromatic heterocycles. The monoisotopic (exact) mass is 337 g/mol. The molecule has 1 aliphatic rings. The quantitative estimate of drug-likeness (QED) is 0.936. The Labute approximate surface area is 127 Å². The van der Waals surface area contributed by atoms with Crippen molar-refractivity contribution in [2.24, 2.45) is 0 Å². The molecule has 0 saturated carbocycles. The van der Waals surface area contributed by atoms with Crippen molar-refractivity contribution in [1.82, 2.24) is 14.3 Å². The lowest BCUT2D eigenvalue weighted by molar-refractivity contribution is 0.0308. The molecule has 3 rings (SSSR count). The van der Waals surface area contributed by atoms with Crippen molar-refractivity contribution in [2.45, 2.75) is 44.9 Å². The minimum Gasteiger partial charge on any atom is -0.392 e. The van der Waals surface area contributed by atoms with Crippen LogP contribution in [-0.4, -0.2) is 38.1 Å². The van der Waals surface area contributed by atoms with Gasteiger partial charge in [0.1, 0.15) is 5.65 Å². The van der Waals surface area contributed by atoms with Crippen LogP contribution in [0.4, 0.5) is 0 Å². The minimum atomic E-state index is -0.277. The first-order chi connectivity index (χ1) is 9.65.